The van der Waals surface area contributed by atoms with Crippen molar-refractivity contribution in [1.29, 1.82) is 0 Å². The van der Waals surface area contributed by atoms with Crippen molar-refractivity contribution in [2.75, 3.05) is 0 Å². The van der Waals surface area contributed by atoms with Gasteiger partial charge in [0.1, 0.15) is 0 Å². The predicted molar refractivity (Wildman–Crippen MR) is 129 cm³/mol. The topological polar surface area (TPSA) is 43.9 Å². The van der Waals surface area contributed by atoms with Gasteiger partial charge in [0.2, 0.25) is 11.8 Å². The lowest BCUT2D eigenvalue weighted by Gasteiger charge is -2.08. The van der Waals surface area contributed by atoms with E-state index in [0.717, 1.165) is 23.2 Å². The third-order valence-electron chi connectivity index (χ3n) is 5.97. The fraction of sp³-hybridized carbons (Fsp3) is 0.0714. The summed E-state index contributed by atoms with van der Waals surface area (Å²) >= 11 is 0. The number of para-hydroxylation sites is 2. The van der Waals surface area contributed by atoms with Crippen LogP contribution in [-0.2, 0) is 6.42 Å². The predicted octanol–water partition coefficient (Wildman–Crippen LogP) is 7.06. The molecule has 0 saturated heterocycles. The number of fused-ring (bicyclic) bond motifs is 3. The molecule has 0 amide bonds. The molecule has 154 valence electrons. The summed E-state index contributed by atoms with van der Waals surface area (Å²) in [6.07, 6.45) is 1.00. The second-order valence-electron chi connectivity index (χ2n) is 7.88. The van der Waals surface area contributed by atoms with Crippen LogP contribution in [0.3, 0.4) is 0 Å². The highest BCUT2D eigenvalue weighted by atomic mass is 16.4. The van der Waals surface area contributed by atoms with Gasteiger partial charge in [-0.25, -0.2) is 0 Å². The Hall–Kier alpha value is -4.18. The summed E-state index contributed by atoms with van der Waals surface area (Å²) in [7, 11) is 0. The third-order valence-corrected chi connectivity index (χ3v) is 5.97. The van der Waals surface area contributed by atoms with Crippen LogP contribution in [0.5, 0.6) is 0 Å². The molecule has 32 heavy (non-hydrogen) atoms. The highest BCUT2D eigenvalue weighted by Gasteiger charge is 2.14. The van der Waals surface area contributed by atoms with Crippen LogP contribution in [-0.4, -0.2) is 14.8 Å². The Balaban J connectivity index is 1.45. The van der Waals surface area contributed by atoms with E-state index in [2.05, 4.69) is 94.5 Å². The molecule has 4 nitrogen and oxygen atoms in total. The Morgan fingerprint density at radius 2 is 1.28 bits per heavy atom. The van der Waals surface area contributed by atoms with Gasteiger partial charge in [0.25, 0.3) is 0 Å². The second kappa shape index (κ2) is 7.50. The lowest BCUT2D eigenvalue weighted by atomic mass is 10.1. The normalized spacial score (nSPS) is 11.4. The van der Waals surface area contributed by atoms with Gasteiger partial charge in [0.05, 0.1) is 11.0 Å². The number of aryl methyl sites for hydroxylation is 1. The van der Waals surface area contributed by atoms with Crippen LogP contribution in [0.1, 0.15) is 12.5 Å². The Labute approximate surface area is 185 Å². The molecule has 0 aliphatic rings. The third kappa shape index (κ3) is 3.00. The van der Waals surface area contributed by atoms with E-state index in [0.29, 0.717) is 11.8 Å². The lowest BCUT2D eigenvalue weighted by molar-refractivity contribution is 0.584. The molecule has 6 rings (SSSR count). The number of hydrogen-bond donors (Lipinski definition) is 0. The number of hydrogen-bond acceptors (Lipinski definition) is 3. The minimum absolute atomic E-state index is 0.516. The van der Waals surface area contributed by atoms with Crippen LogP contribution in [0, 0.1) is 0 Å². The van der Waals surface area contributed by atoms with Crippen molar-refractivity contribution >= 4 is 21.8 Å². The fourth-order valence-corrected chi connectivity index (χ4v) is 4.32. The number of rotatable bonds is 4. The van der Waals surface area contributed by atoms with Crippen molar-refractivity contribution in [3.8, 4) is 28.6 Å². The van der Waals surface area contributed by atoms with Crippen molar-refractivity contribution in [2.24, 2.45) is 0 Å². The van der Waals surface area contributed by atoms with Crippen LogP contribution in [0.15, 0.2) is 101 Å². The molecule has 0 bridgehead atoms. The maximum absolute atomic E-state index is 6.05. The smallest absolute Gasteiger partial charge is 0.248 e. The highest BCUT2D eigenvalue weighted by molar-refractivity contribution is 6.09. The van der Waals surface area contributed by atoms with E-state index in [-0.39, 0.29) is 0 Å². The molecule has 0 N–H and O–H groups in total. The summed E-state index contributed by atoms with van der Waals surface area (Å²) < 4.78 is 8.33. The van der Waals surface area contributed by atoms with Crippen molar-refractivity contribution in [3.05, 3.63) is 103 Å². The summed E-state index contributed by atoms with van der Waals surface area (Å²) in [5.41, 5.74) is 6.52. The van der Waals surface area contributed by atoms with Gasteiger partial charge in [-0.05, 0) is 54.4 Å². The monoisotopic (exact) mass is 415 g/mol. The summed E-state index contributed by atoms with van der Waals surface area (Å²) in [6, 6.07) is 33.5. The summed E-state index contributed by atoms with van der Waals surface area (Å²) in [4.78, 5) is 0. The molecular weight excluding hydrogens is 394 g/mol. The van der Waals surface area contributed by atoms with E-state index in [9.17, 15) is 0 Å². The minimum Gasteiger partial charge on any atom is -0.416 e. The van der Waals surface area contributed by atoms with E-state index in [4.69, 9.17) is 4.42 Å². The molecule has 2 heterocycles. The van der Waals surface area contributed by atoms with E-state index >= 15 is 0 Å². The average molecular weight is 415 g/mol. The number of benzene rings is 4. The molecule has 0 unspecified atom stereocenters. The fourth-order valence-electron chi connectivity index (χ4n) is 4.32. The number of nitrogens with zero attached hydrogens (tertiary/aromatic N) is 3. The summed E-state index contributed by atoms with van der Waals surface area (Å²) in [5, 5.41) is 11.1. The van der Waals surface area contributed by atoms with Crippen LogP contribution in [0.2, 0.25) is 0 Å². The zero-order valence-electron chi connectivity index (χ0n) is 17.7. The molecule has 0 fully saturated rings. The molecular formula is C28H21N3O. The minimum atomic E-state index is 0.516. The first kappa shape index (κ1) is 18.6. The van der Waals surface area contributed by atoms with Crippen molar-refractivity contribution < 1.29 is 4.42 Å². The van der Waals surface area contributed by atoms with Crippen molar-refractivity contribution in [1.82, 2.24) is 14.8 Å². The molecule has 0 saturated carbocycles. The van der Waals surface area contributed by atoms with Crippen molar-refractivity contribution in [2.45, 2.75) is 13.3 Å². The molecule has 0 aliphatic heterocycles. The van der Waals surface area contributed by atoms with E-state index in [1.807, 2.05) is 24.3 Å². The Kier molecular flexibility index (Phi) is 4.36. The van der Waals surface area contributed by atoms with Gasteiger partial charge in [0, 0.05) is 27.6 Å². The summed E-state index contributed by atoms with van der Waals surface area (Å²) in [6.45, 7) is 2.14. The Morgan fingerprint density at radius 1 is 0.656 bits per heavy atom. The first-order valence-corrected chi connectivity index (χ1v) is 10.8. The van der Waals surface area contributed by atoms with Gasteiger partial charge in [-0.3, -0.25) is 0 Å². The van der Waals surface area contributed by atoms with Gasteiger partial charge in [-0.15, -0.1) is 10.2 Å². The second-order valence-corrected chi connectivity index (χ2v) is 7.88. The summed E-state index contributed by atoms with van der Waals surface area (Å²) in [5.74, 6) is 1.05. The maximum Gasteiger partial charge on any atom is 0.248 e. The van der Waals surface area contributed by atoms with Crippen LogP contribution in [0.25, 0.3) is 50.4 Å². The van der Waals surface area contributed by atoms with Crippen molar-refractivity contribution in [3.63, 3.8) is 0 Å². The largest absolute Gasteiger partial charge is 0.416 e. The quantitative estimate of drug-likeness (QED) is 0.309. The first-order chi connectivity index (χ1) is 15.8. The lowest BCUT2D eigenvalue weighted by Crippen LogP contribution is -1.94. The van der Waals surface area contributed by atoms with E-state index < -0.39 is 0 Å². The van der Waals surface area contributed by atoms with E-state index in [1.54, 1.807) is 0 Å². The van der Waals surface area contributed by atoms with Gasteiger partial charge in [0.15, 0.2) is 0 Å². The molecule has 0 radical (unpaired) electrons. The molecule has 2 aromatic heterocycles. The molecule has 4 heteroatoms. The van der Waals surface area contributed by atoms with Gasteiger partial charge >= 0.3 is 0 Å². The average Bonchev–Trinajstić information content (AvgIpc) is 3.48. The molecule has 0 aliphatic carbocycles. The molecule has 0 spiro atoms. The van der Waals surface area contributed by atoms with Crippen LogP contribution >= 0.6 is 0 Å². The molecule has 4 aromatic carbocycles. The van der Waals surface area contributed by atoms with Gasteiger partial charge < -0.3 is 8.98 Å². The highest BCUT2D eigenvalue weighted by Crippen LogP contribution is 2.33. The molecule has 6 aromatic rings. The zero-order chi connectivity index (χ0) is 21.5. The zero-order valence-corrected chi connectivity index (χ0v) is 17.7. The van der Waals surface area contributed by atoms with E-state index in [1.165, 1.54) is 27.4 Å². The Morgan fingerprint density at radius 3 is 1.94 bits per heavy atom. The van der Waals surface area contributed by atoms with Crippen LogP contribution in [0.4, 0.5) is 0 Å². The SMILES string of the molecule is CCc1ccc(-c2nnc(-c3cccc(-n4c5ccccc5c5ccccc54)c3)o2)cc1. The van der Waals surface area contributed by atoms with Crippen LogP contribution < -0.4 is 0 Å². The first-order valence-electron chi connectivity index (χ1n) is 10.8. The van der Waals surface area contributed by atoms with Gasteiger partial charge in [-0.2, -0.15) is 0 Å². The maximum atomic E-state index is 6.05. The number of aromatic nitrogens is 3. The Bertz CT molecular complexity index is 1500. The molecule has 0 atom stereocenters. The van der Waals surface area contributed by atoms with Gasteiger partial charge in [-0.1, -0.05) is 61.5 Å². The standard InChI is InChI=1S/C28H21N3O/c1-2-19-14-16-20(17-15-19)27-29-30-28(32-27)21-8-7-9-22(18-21)31-25-12-5-3-10-23(25)24-11-4-6-13-26(24)31/h3-18H,2H2,1H3.